The first-order chi connectivity index (χ1) is 11.0. The number of sulfonamides is 1. The standard InChI is InChI=1S/C15H20N2O5S/c1-16-12-8-17(9-15(12)20-4-5-23(16,18)19)7-11-2-3-13-14(6-11)22-10-21-13/h2-3,6,12,15H,4-5,7-10H2,1H3/t12-,15+/m1/s1. The molecule has 0 saturated carbocycles. The average Bonchev–Trinajstić information content (AvgIpc) is 3.10. The second-order valence-corrected chi connectivity index (χ2v) is 8.34. The van der Waals surface area contributed by atoms with Gasteiger partial charge in [-0.3, -0.25) is 4.90 Å². The third kappa shape index (κ3) is 2.80. The second-order valence-electron chi connectivity index (χ2n) is 6.19. The number of likely N-dealkylation sites (tertiary alicyclic amines) is 1. The van der Waals surface area contributed by atoms with Crippen molar-refractivity contribution < 1.29 is 22.6 Å². The van der Waals surface area contributed by atoms with Crippen LogP contribution in [0.1, 0.15) is 5.56 Å². The van der Waals surface area contributed by atoms with Gasteiger partial charge in [-0.25, -0.2) is 8.42 Å². The molecule has 2 saturated heterocycles. The molecule has 126 valence electrons. The quantitative estimate of drug-likeness (QED) is 0.769. The van der Waals surface area contributed by atoms with Gasteiger partial charge in [-0.15, -0.1) is 0 Å². The molecule has 0 radical (unpaired) electrons. The van der Waals surface area contributed by atoms with E-state index in [4.69, 9.17) is 14.2 Å². The van der Waals surface area contributed by atoms with Crippen LogP contribution in [-0.4, -0.2) is 69.1 Å². The zero-order valence-corrected chi connectivity index (χ0v) is 13.8. The van der Waals surface area contributed by atoms with Gasteiger partial charge in [0.15, 0.2) is 11.5 Å². The summed E-state index contributed by atoms with van der Waals surface area (Å²) in [5.41, 5.74) is 1.12. The zero-order chi connectivity index (χ0) is 16.0. The van der Waals surface area contributed by atoms with Gasteiger partial charge in [0, 0.05) is 26.7 Å². The predicted molar refractivity (Wildman–Crippen MR) is 82.9 cm³/mol. The fraction of sp³-hybridized carbons (Fsp3) is 0.600. The maximum atomic E-state index is 12.1. The fourth-order valence-electron chi connectivity index (χ4n) is 3.43. The van der Waals surface area contributed by atoms with Crippen molar-refractivity contribution in [1.82, 2.24) is 9.21 Å². The van der Waals surface area contributed by atoms with Gasteiger partial charge in [-0.1, -0.05) is 6.07 Å². The Morgan fingerprint density at radius 1 is 1.22 bits per heavy atom. The minimum Gasteiger partial charge on any atom is -0.454 e. The molecule has 23 heavy (non-hydrogen) atoms. The van der Waals surface area contributed by atoms with E-state index in [1.807, 2.05) is 18.2 Å². The summed E-state index contributed by atoms with van der Waals surface area (Å²) < 4.78 is 42.3. The maximum absolute atomic E-state index is 12.1. The number of ether oxygens (including phenoxy) is 3. The topological polar surface area (TPSA) is 68.3 Å². The summed E-state index contributed by atoms with van der Waals surface area (Å²) in [4.78, 5) is 2.23. The van der Waals surface area contributed by atoms with Crippen molar-refractivity contribution >= 4 is 10.0 Å². The Morgan fingerprint density at radius 3 is 2.91 bits per heavy atom. The molecule has 4 rings (SSSR count). The lowest BCUT2D eigenvalue weighted by Crippen LogP contribution is -2.43. The monoisotopic (exact) mass is 340 g/mol. The molecule has 0 spiro atoms. The van der Waals surface area contributed by atoms with Gasteiger partial charge in [0.2, 0.25) is 16.8 Å². The SMILES string of the molecule is CN1[C@@H]2CN(Cc3ccc4c(c3)OCO4)C[C@@H]2OCCS1(=O)=O. The molecule has 0 bridgehead atoms. The van der Waals surface area contributed by atoms with Gasteiger partial charge in [-0.05, 0) is 17.7 Å². The van der Waals surface area contributed by atoms with Crippen LogP contribution < -0.4 is 9.47 Å². The van der Waals surface area contributed by atoms with Crippen LogP contribution in [0.4, 0.5) is 0 Å². The number of fused-ring (bicyclic) bond motifs is 2. The summed E-state index contributed by atoms with van der Waals surface area (Å²) in [7, 11) is -1.55. The third-order valence-electron chi connectivity index (χ3n) is 4.73. The summed E-state index contributed by atoms with van der Waals surface area (Å²) in [6.07, 6.45) is -0.0636. The first kappa shape index (κ1) is 15.2. The molecule has 0 aromatic heterocycles. The highest BCUT2D eigenvalue weighted by molar-refractivity contribution is 7.89. The Balaban J connectivity index is 1.48. The van der Waals surface area contributed by atoms with Crippen LogP contribution in [0.3, 0.4) is 0 Å². The van der Waals surface area contributed by atoms with Gasteiger partial charge in [-0.2, -0.15) is 4.31 Å². The summed E-state index contributed by atoms with van der Waals surface area (Å²) in [6, 6.07) is 5.80. The first-order valence-corrected chi connectivity index (χ1v) is 9.32. The van der Waals surface area contributed by atoms with E-state index < -0.39 is 10.0 Å². The van der Waals surface area contributed by atoms with Crippen LogP contribution in [0.15, 0.2) is 18.2 Å². The number of hydrogen-bond donors (Lipinski definition) is 0. The fourth-order valence-corrected chi connectivity index (χ4v) is 4.64. The predicted octanol–water partition coefficient (Wildman–Crippen LogP) is 0.260. The number of benzene rings is 1. The largest absolute Gasteiger partial charge is 0.454 e. The van der Waals surface area contributed by atoms with Crippen LogP contribution in [0.5, 0.6) is 11.5 Å². The minimum atomic E-state index is -3.21. The molecule has 2 fully saturated rings. The highest BCUT2D eigenvalue weighted by atomic mass is 32.2. The smallest absolute Gasteiger partial charge is 0.231 e. The first-order valence-electron chi connectivity index (χ1n) is 7.71. The third-order valence-corrected chi connectivity index (χ3v) is 6.57. The lowest BCUT2D eigenvalue weighted by atomic mass is 10.2. The molecule has 1 aromatic carbocycles. The van der Waals surface area contributed by atoms with E-state index in [0.717, 1.165) is 30.2 Å². The average molecular weight is 340 g/mol. The van der Waals surface area contributed by atoms with Crippen molar-refractivity contribution in [3.63, 3.8) is 0 Å². The van der Waals surface area contributed by atoms with Crippen LogP contribution in [-0.2, 0) is 21.3 Å². The van der Waals surface area contributed by atoms with Crippen LogP contribution in [0.2, 0.25) is 0 Å². The summed E-state index contributed by atoms with van der Waals surface area (Å²) >= 11 is 0. The van der Waals surface area contributed by atoms with E-state index in [0.29, 0.717) is 6.54 Å². The van der Waals surface area contributed by atoms with Gasteiger partial charge in [0.25, 0.3) is 0 Å². The minimum absolute atomic E-state index is 0.0636. The number of hydrogen-bond acceptors (Lipinski definition) is 6. The highest BCUT2D eigenvalue weighted by Crippen LogP contribution is 2.33. The molecule has 0 unspecified atom stereocenters. The molecule has 8 heteroatoms. The molecule has 0 N–H and O–H groups in total. The molecule has 3 heterocycles. The molecule has 2 atom stereocenters. The van der Waals surface area contributed by atoms with Crippen molar-refractivity contribution in [2.75, 3.05) is 39.3 Å². The van der Waals surface area contributed by atoms with Crippen molar-refractivity contribution in [1.29, 1.82) is 0 Å². The molecule has 7 nitrogen and oxygen atoms in total. The summed E-state index contributed by atoms with van der Waals surface area (Å²) in [5, 5.41) is 0. The Bertz CT molecular complexity index is 708. The van der Waals surface area contributed by atoms with Gasteiger partial charge in [0.05, 0.1) is 24.5 Å². The molecular weight excluding hydrogens is 320 g/mol. The van der Waals surface area contributed by atoms with Crippen molar-refractivity contribution in [2.24, 2.45) is 0 Å². The lowest BCUT2D eigenvalue weighted by Gasteiger charge is -2.24. The van der Waals surface area contributed by atoms with Crippen LogP contribution in [0.25, 0.3) is 0 Å². The van der Waals surface area contributed by atoms with Crippen molar-refractivity contribution in [2.45, 2.75) is 18.7 Å². The maximum Gasteiger partial charge on any atom is 0.231 e. The Kier molecular flexibility index (Phi) is 3.72. The van der Waals surface area contributed by atoms with Gasteiger partial charge >= 0.3 is 0 Å². The van der Waals surface area contributed by atoms with Crippen LogP contribution in [0, 0.1) is 0 Å². The number of nitrogens with zero attached hydrogens (tertiary/aromatic N) is 2. The van der Waals surface area contributed by atoms with Crippen molar-refractivity contribution in [3.8, 4) is 11.5 Å². The Labute approximate surface area is 135 Å². The summed E-state index contributed by atoms with van der Waals surface area (Å²) in [6.45, 7) is 2.68. The second kappa shape index (κ2) is 5.62. The van der Waals surface area contributed by atoms with E-state index in [2.05, 4.69) is 4.90 Å². The van der Waals surface area contributed by atoms with E-state index in [1.165, 1.54) is 4.31 Å². The van der Waals surface area contributed by atoms with Crippen molar-refractivity contribution in [3.05, 3.63) is 23.8 Å². The molecular formula is C15H20N2O5S. The molecule has 1 aromatic rings. The lowest BCUT2D eigenvalue weighted by molar-refractivity contribution is 0.0500. The number of likely N-dealkylation sites (N-methyl/N-ethyl adjacent to an activating group) is 1. The molecule has 0 amide bonds. The molecule has 3 aliphatic rings. The van der Waals surface area contributed by atoms with E-state index in [1.54, 1.807) is 7.05 Å². The Hall–Kier alpha value is -1.35. The summed E-state index contributed by atoms with van der Waals surface area (Å²) in [5.74, 6) is 1.61. The van der Waals surface area contributed by atoms with Crippen LogP contribution >= 0.6 is 0 Å². The molecule has 3 aliphatic heterocycles. The van der Waals surface area contributed by atoms with E-state index in [9.17, 15) is 8.42 Å². The molecule has 0 aliphatic carbocycles. The van der Waals surface area contributed by atoms with E-state index in [-0.39, 0.29) is 31.3 Å². The van der Waals surface area contributed by atoms with Gasteiger partial charge in [0.1, 0.15) is 0 Å². The number of rotatable bonds is 2. The zero-order valence-electron chi connectivity index (χ0n) is 13.0. The Morgan fingerprint density at radius 2 is 2.04 bits per heavy atom. The highest BCUT2D eigenvalue weighted by Gasteiger charge is 2.42. The normalized spacial score (nSPS) is 30.1. The van der Waals surface area contributed by atoms with E-state index >= 15 is 0 Å². The van der Waals surface area contributed by atoms with Gasteiger partial charge < -0.3 is 14.2 Å².